The fourth-order valence-electron chi connectivity index (χ4n) is 3.18. The molecule has 6 heteroatoms. The molecule has 0 N–H and O–H groups in total. The number of hydrogen-bond acceptors (Lipinski definition) is 3. The highest BCUT2D eigenvalue weighted by atomic mass is 35.5. The van der Waals surface area contributed by atoms with E-state index in [9.17, 15) is 4.79 Å². The van der Waals surface area contributed by atoms with Crippen LogP contribution in [0.4, 0.5) is 0 Å². The van der Waals surface area contributed by atoms with E-state index in [2.05, 4.69) is 16.5 Å². The summed E-state index contributed by atoms with van der Waals surface area (Å²) in [7, 11) is 0. The monoisotopic (exact) mass is 361 g/mol. The number of aryl methyl sites for hydroxylation is 2. The fraction of sp³-hybridized carbons (Fsp3) is 0.474. The van der Waals surface area contributed by atoms with Crippen molar-refractivity contribution in [3.05, 3.63) is 47.5 Å². The second kappa shape index (κ2) is 8.39. The van der Waals surface area contributed by atoms with Crippen LogP contribution >= 0.6 is 11.6 Å². The number of amides is 1. The molecule has 2 heterocycles. The predicted molar refractivity (Wildman–Crippen MR) is 97.9 cm³/mol. The minimum absolute atomic E-state index is 0.115. The Bertz CT molecular complexity index is 708. The van der Waals surface area contributed by atoms with Gasteiger partial charge < -0.3 is 14.2 Å². The molecule has 1 aromatic carbocycles. The molecule has 0 saturated carbocycles. The molecule has 1 fully saturated rings. The quantitative estimate of drug-likeness (QED) is 0.790. The average Bonchev–Trinajstić information content (AvgIpc) is 3.10. The lowest BCUT2D eigenvalue weighted by Gasteiger charge is -2.32. The third kappa shape index (κ3) is 4.54. The number of para-hydroxylation sites is 1. The van der Waals surface area contributed by atoms with Crippen molar-refractivity contribution >= 4 is 17.5 Å². The first-order chi connectivity index (χ1) is 12.2. The molecule has 1 amide bonds. The van der Waals surface area contributed by atoms with E-state index in [0.29, 0.717) is 18.0 Å². The largest absolute Gasteiger partial charge is 0.489 e. The smallest absolute Gasteiger partial charge is 0.224 e. The van der Waals surface area contributed by atoms with Gasteiger partial charge in [0.1, 0.15) is 17.7 Å². The third-order valence-electron chi connectivity index (χ3n) is 4.61. The molecular formula is C19H24ClN3O2. The molecular weight excluding hydrogens is 338 g/mol. The number of halogens is 1. The number of hydrogen-bond donors (Lipinski definition) is 0. The van der Waals surface area contributed by atoms with Crippen LogP contribution in [0.15, 0.2) is 36.7 Å². The summed E-state index contributed by atoms with van der Waals surface area (Å²) in [4.78, 5) is 18.7. The van der Waals surface area contributed by atoms with Gasteiger partial charge in [-0.2, -0.15) is 0 Å². The van der Waals surface area contributed by atoms with Crippen LogP contribution in [0.2, 0.25) is 5.02 Å². The van der Waals surface area contributed by atoms with Gasteiger partial charge in [-0.25, -0.2) is 4.98 Å². The lowest BCUT2D eigenvalue weighted by atomic mass is 10.1. The van der Waals surface area contributed by atoms with Crippen LogP contribution in [0.1, 0.15) is 32.0 Å². The highest BCUT2D eigenvalue weighted by molar-refractivity contribution is 6.32. The van der Waals surface area contributed by atoms with Crippen LogP contribution in [0.5, 0.6) is 5.75 Å². The maximum absolute atomic E-state index is 12.4. The number of ether oxygens (including phenoxy) is 1. The second-order valence-corrected chi connectivity index (χ2v) is 6.68. The van der Waals surface area contributed by atoms with Gasteiger partial charge in [0.25, 0.3) is 0 Å². The molecule has 0 aliphatic carbocycles. The number of rotatable bonds is 6. The van der Waals surface area contributed by atoms with Gasteiger partial charge in [0.15, 0.2) is 0 Å². The minimum atomic E-state index is 0.115. The molecule has 2 aromatic rings. The van der Waals surface area contributed by atoms with Gasteiger partial charge in [-0.05, 0) is 12.1 Å². The molecule has 1 aliphatic rings. The normalized spacial score (nSPS) is 15.4. The lowest BCUT2D eigenvalue weighted by molar-refractivity contribution is -0.133. The van der Waals surface area contributed by atoms with E-state index in [1.54, 1.807) is 6.20 Å². The van der Waals surface area contributed by atoms with E-state index < -0.39 is 0 Å². The predicted octanol–water partition coefficient (Wildman–Crippen LogP) is 3.56. The SMILES string of the molecule is CCc1nccn1CCC(=O)N1CCC(Oc2ccccc2Cl)CC1. The molecule has 0 bridgehead atoms. The number of carbonyl (C=O) groups is 1. The lowest BCUT2D eigenvalue weighted by Crippen LogP contribution is -2.42. The molecule has 0 spiro atoms. The number of imidazole rings is 1. The first kappa shape index (κ1) is 17.8. The molecule has 3 rings (SSSR count). The molecule has 0 unspecified atom stereocenters. The van der Waals surface area contributed by atoms with Crippen LogP contribution in [-0.4, -0.2) is 39.6 Å². The van der Waals surface area contributed by atoms with Crippen LogP contribution < -0.4 is 4.74 Å². The topological polar surface area (TPSA) is 47.4 Å². The van der Waals surface area contributed by atoms with Crippen molar-refractivity contribution in [1.82, 2.24) is 14.5 Å². The highest BCUT2D eigenvalue weighted by Crippen LogP contribution is 2.26. The zero-order valence-electron chi connectivity index (χ0n) is 14.5. The average molecular weight is 362 g/mol. The second-order valence-electron chi connectivity index (χ2n) is 6.27. The fourth-order valence-corrected chi connectivity index (χ4v) is 3.36. The Hall–Kier alpha value is -2.01. The molecule has 25 heavy (non-hydrogen) atoms. The summed E-state index contributed by atoms with van der Waals surface area (Å²) in [6, 6.07) is 7.52. The van der Waals surface area contributed by atoms with Gasteiger partial charge in [0.2, 0.25) is 5.91 Å². The third-order valence-corrected chi connectivity index (χ3v) is 4.92. The summed E-state index contributed by atoms with van der Waals surface area (Å²) in [5.74, 6) is 1.95. The number of piperidine rings is 1. The van der Waals surface area contributed by atoms with Gasteiger partial charge in [-0.3, -0.25) is 4.79 Å². The van der Waals surface area contributed by atoms with E-state index in [4.69, 9.17) is 16.3 Å². The Balaban J connectivity index is 1.45. The van der Waals surface area contributed by atoms with Crippen molar-refractivity contribution in [1.29, 1.82) is 0 Å². The van der Waals surface area contributed by atoms with Crippen LogP contribution in [0, 0.1) is 0 Å². The van der Waals surface area contributed by atoms with Crippen LogP contribution in [-0.2, 0) is 17.8 Å². The number of carbonyl (C=O) groups excluding carboxylic acids is 1. The standard InChI is InChI=1S/C19H24ClN3O2/c1-2-18-21-10-14-22(18)13-9-19(24)23-11-7-15(8-12-23)25-17-6-4-3-5-16(17)20/h3-6,10,14-15H,2,7-9,11-13H2,1H3. The van der Waals surface area contributed by atoms with E-state index in [1.165, 1.54) is 0 Å². The maximum Gasteiger partial charge on any atom is 0.224 e. The minimum Gasteiger partial charge on any atom is -0.489 e. The van der Waals surface area contributed by atoms with Crippen molar-refractivity contribution in [3.63, 3.8) is 0 Å². The van der Waals surface area contributed by atoms with Crippen molar-refractivity contribution < 1.29 is 9.53 Å². The molecule has 134 valence electrons. The summed E-state index contributed by atoms with van der Waals surface area (Å²) in [6.07, 6.45) is 6.91. The number of nitrogens with zero attached hydrogens (tertiary/aromatic N) is 3. The molecule has 0 radical (unpaired) electrons. The Morgan fingerprint density at radius 3 is 2.80 bits per heavy atom. The van der Waals surface area contributed by atoms with Crippen molar-refractivity contribution in [2.24, 2.45) is 0 Å². The van der Waals surface area contributed by atoms with Gasteiger partial charge in [-0.1, -0.05) is 30.7 Å². The van der Waals surface area contributed by atoms with E-state index in [1.807, 2.05) is 35.4 Å². The molecule has 0 atom stereocenters. The Morgan fingerprint density at radius 2 is 2.08 bits per heavy atom. The van der Waals surface area contributed by atoms with Gasteiger partial charge in [-0.15, -0.1) is 0 Å². The van der Waals surface area contributed by atoms with E-state index in [0.717, 1.165) is 43.9 Å². The zero-order valence-corrected chi connectivity index (χ0v) is 15.3. The summed E-state index contributed by atoms with van der Waals surface area (Å²) in [5.41, 5.74) is 0. The zero-order chi connectivity index (χ0) is 17.6. The molecule has 1 saturated heterocycles. The van der Waals surface area contributed by atoms with E-state index >= 15 is 0 Å². The van der Waals surface area contributed by atoms with Crippen LogP contribution in [0.3, 0.4) is 0 Å². The first-order valence-electron chi connectivity index (χ1n) is 8.86. The highest BCUT2D eigenvalue weighted by Gasteiger charge is 2.24. The van der Waals surface area contributed by atoms with E-state index in [-0.39, 0.29) is 12.0 Å². The van der Waals surface area contributed by atoms with Crippen molar-refractivity contribution in [3.8, 4) is 5.75 Å². The Kier molecular flexibility index (Phi) is 5.97. The summed E-state index contributed by atoms with van der Waals surface area (Å²) in [5, 5.41) is 0.632. The Labute approximate surface area is 153 Å². The molecule has 5 nitrogen and oxygen atoms in total. The maximum atomic E-state index is 12.4. The van der Waals surface area contributed by atoms with Gasteiger partial charge in [0.05, 0.1) is 5.02 Å². The van der Waals surface area contributed by atoms with Crippen molar-refractivity contribution in [2.75, 3.05) is 13.1 Å². The molecule has 1 aliphatic heterocycles. The van der Waals surface area contributed by atoms with Crippen molar-refractivity contribution in [2.45, 2.75) is 45.3 Å². The van der Waals surface area contributed by atoms with Crippen LogP contribution in [0.25, 0.3) is 0 Å². The van der Waals surface area contributed by atoms with Gasteiger partial charge >= 0.3 is 0 Å². The Morgan fingerprint density at radius 1 is 1.32 bits per heavy atom. The molecule has 1 aromatic heterocycles. The number of aromatic nitrogens is 2. The number of likely N-dealkylation sites (tertiary alicyclic amines) is 1. The summed E-state index contributed by atoms with van der Waals surface area (Å²) < 4.78 is 8.04. The van der Waals surface area contributed by atoms with Gasteiger partial charge in [0, 0.05) is 57.7 Å². The number of benzene rings is 1. The summed E-state index contributed by atoms with van der Waals surface area (Å²) >= 11 is 6.14. The summed E-state index contributed by atoms with van der Waals surface area (Å²) in [6.45, 7) is 4.24. The first-order valence-corrected chi connectivity index (χ1v) is 9.24.